The normalized spacial score (nSPS) is 21.2. The van der Waals surface area contributed by atoms with Crippen LogP contribution in [0.3, 0.4) is 0 Å². The van der Waals surface area contributed by atoms with Crippen molar-refractivity contribution in [1.82, 2.24) is 4.98 Å². The van der Waals surface area contributed by atoms with Gasteiger partial charge in [-0.25, -0.2) is 13.8 Å². The topological polar surface area (TPSA) is 63.3 Å². The van der Waals surface area contributed by atoms with E-state index in [1.165, 1.54) is 12.1 Å². The van der Waals surface area contributed by atoms with E-state index in [4.69, 9.17) is 5.73 Å². The number of aromatic nitrogens is 1. The number of nitrogens with two attached hydrogens (primary N) is 1. The number of nitrogens with one attached hydrogen (secondary N) is 1. The van der Waals surface area contributed by atoms with Gasteiger partial charge in [-0.3, -0.25) is 4.98 Å². The van der Waals surface area contributed by atoms with Crippen molar-refractivity contribution in [2.45, 2.75) is 44.6 Å². The van der Waals surface area contributed by atoms with E-state index < -0.39 is 0 Å². The van der Waals surface area contributed by atoms with Gasteiger partial charge < -0.3 is 11.1 Å². The standard InChI is InChI=1S/C19H22F2N4/c1-12-18(21)17(10-11-23-12)13-2-6-15(7-3-13)24-19(22)25-16-8-4-14(20)5-9-16/h4-5,8-11,13,15H,2-3,6-7H2,1H3,(H3,22,24,25). The van der Waals surface area contributed by atoms with Crippen LogP contribution in [0.4, 0.5) is 14.5 Å². The maximum Gasteiger partial charge on any atom is 0.193 e. The molecule has 1 aliphatic carbocycles. The summed E-state index contributed by atoms with van der Waals surface area (Å²) < 4.78 is 27.1. The van der Waals surface area contributed by atoms with Crippen molar-refractivity contribution in [2.75, 3.05) is 5.32 Å². The van der Waals surface area contributed by atoms with Crippen LogP contribution in [0.2, 0.25) is 0 Å². The second kappa shape index (κ2) is 7.59. The SMILES string of the molecule is Cc1nccc(C2CCC(N=C(N)Nc3ccc(F)cc3)CC2)c1F. The Morgan fingerprint density at radius 3 is 2.48 bits per heavy atom. The molecule has 0 bridgehead atoms. The summed E-state index contributed by atoms with van der Waals surface area (Å²) in [4.78, 5) is 8.49. The molecule has 132 valence electrons. The molecule has 1 heterocycles. The molecule has 4 nitrogen and oxygen atoms in total. The molecule has 25 heavy (non-hydrogen) atoms. The first kappa shape index (κ1) is 17.3. The second-order valence-electron chi connectivity index (χ2n) is 6.45. The Kier molecular flexibility index (Phi) is 5.26. The molecular weight excluding hydrogens is 322 g/mol. The first-order chi connectivity index (χ1) is 12.0. The van der Waals surface area contributed by atoms with Crippen LogP contribution < -0.4 is 11.1 Å². The fourth-order valence-electron chi connectivity index (χ4n) is 3.31. The predicted octanol–water partition coefficient (Wildman–Crippen LogP) is 4.12. The fourth-order valence-corrected chi connectivity index (χ4v) is 3.31. The summed E-state index contributed by atoms with van der Waals surface area (Å²) in [6, 6.07) is 7.86. The highest BCUT2D eigenvalue weighted by Gasteiger charge is 2.25. The Morgan fingerprint density at radius 2 is 1.80 bits per heavy atom. The van der Waals surface area contributed by atoms with Crippen molar-refractivity contribution in [1.29, 1.82) is 0 Å². The third-order valence-corrected chi connectivity index (χ3v) is 4.67. The Hall–Kier alpha value is -2.50. The van der Waals surface area contributed by atoms with Gasteiger partial charge in [-0.1, -0.05) is 0 Å². The van der Waals surface area contributed by atoms with Gasteiger partial charge in [0.15, 0.2) is 5.96 Å². The Balaban J connectivity index is 1.58. The van der Waals surface area contributed by atoms with Crippen LogP contribution in [-0.4, -0.2) is 17.0 Å². The Bertz CT molecular complexity index is 751. The van der Waals surface area contributed by atoms with Crippen LogP contribution in [0, 0.1) is 18.6 Å². The average molecular weight is 344 g/mol. The molecular formula is C19H22F2N4. The number of pyridine rings is 1. The fraction of sp³-hybridized carbons (Fsp3) is 0.368. The Morgan fingerprint density at radius 1 is 1.12 bits per heavy atom. The molecule has 1 aromatic carbocycles. The zero-order valence-electron chi connectivity index (χ0n) is 14.2. The van der Waals surface area contributed by atoms with Crippen molar-refractivity contribution in [3.8, 4) is 0 Å². The van der Waals surface area contributed by atoms with Gasteiger partial charge in [0.25, 0.3) is 0 Å². The summed E-state index contributed by atoms with van der Waals surface area (Å²) in [5.41, 5.74) is 7.85. The lowest BCUT2D eigenvalue weighted by Gasteiger charge is -2.27. The van der Waals surface area contributed by atoms with E-state index in [-0.39, 0.29) is 23.6 Å². The van der Waals surface area contributed by atoms with Gasteiger partial charge in [0.05, 0.1) is 11.7 Å². The molecule has 1 fully saturated rings. The number of anilines is 1. The molecule has 0 unspecified atom stereocenters. The minimum Gasteiger partial charge on any atom is -0.370 e. The highest BCUT2D eigenvalue weighted by molar-refractivity contribution is 5.92. The smallest absolute Gasteiger partial charge is 0.193 e. The van der Waals surface area contributed by atoms with Crippen LogP contribution in [0.15, 0.2) is 41.5 Å². The first-order valence-electron chi connectivity index (χ1n) is 8.50. The molecule has 0 saturated heterocycles. The molecule has 0 amide bonds. The lowest BCUT2D eigenvalue weighted by molar-refractivity contribution is 0.387. The van der Waals surface area contributed by atoms with E-state index in [2.05, 4.69) is 15.3 Å². The van der Waals surface area contributed by atoms with E-state index in [1.54, 1.807) is 31.3 Å². The number of hydrogen-bond donors (Lipinski definition) is 2. The molecule has 6 heteroatoms. The maximum atomic E-state index is 14.2. The van der Waals surface area contributed by atoms with Crippen molar-refractivity contribution in [2.24, 2.45) is 10.7 Å². The summed E-state index contributed by atoms with van der Waals surface area (Å²) in [6.45, 7) is 1.69. The summed E-state index contributed by atoms with van der Waals surface area (Å²) in [5.74, 6) is 0.0466. The monoisotopic (exact) mass is 344 g/mol. The maximum absolute atomic E-state index is 14.2. The largest absolute Gasteiger partial charge is 0.370 e. The molecule has 1 saturated carbocycles. The zero-order valence-corrected chi connectivity index (χ0v) is 14.2. The van der Waals surface area contributed by atoms with E-state index in [9.17, 15) is 8.78 Å². The summed E-state index contributed by atoms with van der Waals surface area (Å²) in [6.07, 6.45) is 5.13. The molecule has 2 aromatic rings. The lowest BCUT2D eigenvalue weighted by Crippen LogP contribution is -2.27. The molecule has 0 radical (unpaired) electrons. The number of benzene rings is 1. The highest BCUT2D eigenvalue weighted by atomic mass is 19.1. The zero-order chi connectivity index (χ0) is 17.8. The van der Waals surface area contributed by atoms with Gasteiger partial charge >= 0.3 is 0 Å². The predicted molar refractivity (Wildman–Crippen MR) is 95.6 cm³/mol. The van der Waals surface area contributed by atoms with Gasteiger partial charge in [-0.2, -0.15) is 0 Å². The minimum atomic E-state index is -0.294. The molecule has 0 spiro atoms. The van der Waals surface area contributed by atoms with Crippen molar-refractivity contribution >= 4 is 11.6 Å². The number of aryl methyl sites for hydroxylation is 1. The number of halogens is 2. The van der Waals surface area contributed by atoms with Crippen LogP contribution in [-0.2, 0) is 0 Å². The van der Waals surface area contributed by atoms with Crippen molar-refractivity contribution < 1.29 is 8.78 Å². The molecule has 1 aliphatic rings. The number of aliphatic imine (C=N–C) groups is 1. The molecule has 3 rings (SSSR count). The second-order valence-corrected chi connectivity index (χ2v) is 6.45. The number of nitrogens with zero attached hydrogens (tertiary/aromatic N) is 2. The summed E-state index contributed by atoms with van der Waals surface area (Å²) in [7, 11) is 0. The first-order valence-corrected chi connectivity index (χ1v) is 8.50. The quantitative estimate of drug-likeness (QED) is 0.650. The van der Waals surface area contributed by atoms with Crippen LogP contribution in [0.25, 0.3) is 0 Å². The number of guanidine groups is 1. The van der Waals surface area contributed by atoms with Gasteiger partial charge in [-0.15, -0.1) is 0 Å². The lowest BCUT2D eigenvalue weighted by atomic mass is 9.82. The highest BCUT2D eigenvalue weighted by Crippen LogP contribution is 2.35. The molecule has 0 aliphatic heterocycles. The molecule has 1 aromatic heterocycles. The van der Waals surface area contributed by atoms with Gasteiger partial charge in [0.2, 0.25) is 0 Å². The number of hydrogen-bond acceptors (Lipinski definition) is 2. The van der Waals surface area contributed by atoms with Gasteiger partial charge in [0, 0.05) is 11.9 Å². The summed E-state index contributed by atoms with van der Waals surface area (Å²) >= 11 is 0. The average Bonchev–Trinajstić information content (AvgIpc) is 2.60. The van der Waals surface area contributed by atoms with E-state index >= 15 is 0 Å². The third-order valence-electron chi connectivity index (χ3n) is 4.67. The van der Waals surface area contributed by atoms with Crippen LogP contribution >= 0.6 is 0 Å². The minimum absolute atomic E-state index is 0.121. The van der Waals surface area contributed by atoms with Crippen LogP contribution in [0.5, 0.6) is 0 Å². The third kappa shape index (κ3) is 4.32. The number of rotatable bonds is 3. The summed E-state index contributed by atoms with van der Waals surface area (Å²) in [5, 5.41) is 2.97. The van der Waals surface area contributed by atoms with Crippen molar-refractivity contribution in [3.05, 3.63) is 59.4 Å². The molecule has 3 N–H and O–H groups in total. The Labute approximate surface area is 146 Å². The van der Waals surface area contributed by atoms with E-state index in [0.29, 0.717) is 17.3 Å². The van der Waals surface area contributed by atoms with Crippen LogP contribution in [0.1, 0.15) is 42.9 Å². The van der Waals surface area contributed by atoms with E-state index in [1.807, 2.05) is 0 Å². The molecule has 0 atom stereocenters. The van der Waals surface area contributed by atoms with Gasteiger partial charge in [0.1, 0.15) is 11.6 Å². The van der Waals surface area contributed by atoms with Crippen molar-refractivity contribution in [3.63, 3.8) is 0 Å². The van der Waals surface area contributed by atoms with Gasteiger partial charge in [-0.05, 0) is 74.4 Å². The van der Waals surface area contributed by atoms with E-state index in [0.717, 1.165) is 31.2 Å².